The predicted molar refractivity (Wildman–Crippen MR) is 68.1 cm³/mol. The van der Waals surface area contributed by atoms with Gasteiger partial charge in [0.2, 0.25) is 0 Å². The molecule has 0 atom stereocenters. The smallest absolute Gasteiger partial charge is 0.418 e. The number of ketones is 1. The highest BCUT2D eigenvalue weighted by Gasteiger charge is 2.27. The maximum Gasteiger partial charge on any atom is 0.418 e. The molecule has 1 heterocycles. The van der Waals surface area contributed by atoms with Crippen LogP contribution in [0.3, 0.4) is 0 Å². The topological polar surface area (TPSA) is 48.3 Å². The molecule has 0 unspecified atom stereocenters. The number of aryl methyl sites for hydroxylation is 1. The van der Waals surface area contributed by atoms with E-state index >= 15 is 0 Å². The van der Waals surface area contributed by atoms with Crippen LogP contribution in [0.15, 0.2) is 6.07 Å². The Kier molecular flexibility index (Phi) is 3.05. The number of rotatable bonds is 0. The van der Waals surface area contributed by atoms with Crippen molar-refractivity contribution >= 4 is 11.9 Å². The van der Waals surface area contributed by atoms with Gasteiger partial charge in [0, 0.05) is 23.4 Å². The molecule has 0 N–H and O–H groups in total. The molecule has 98 valence electrons. The van der Waals surface area contributed by atoms with Crippen molar-refractivity contribution in [1.82, 2.24) is 4.57 Å². The van der Waals surface area contributed by atoms with Gasteiger partial charge in [-0.25, -0.2) is 4.79 Å². The van der Waals surface area contributed by atoms with E-state index in [2.05, 4.69) is 0 Å². The number of fused-ring (bicyclic) bond motifs is 1. The standard InChI is InChI=1S/C14H19NO3/c1-9-8-10-11(6-5-7-12(10)16)15(9)13(17)18-14(2,3)4/h8H,5-7H2,1-4H3. The van der Waals surface area contributed by atoms with Crippen LogP contribution in [-0.2, 0) is 11.2 Å². The summed E-state index contributed by atoms with van der Waals surface area (Å²) in [6, 6.07) is 1.79. The number of carbonyl (C=O) groups excluding carboxylic acids is 2. The minimum Gasteiger partial charge on any atom is -0.443 e. The minimum absolute atomic E-state index is 0.127. The van der Waals surface area contributed by atoms with E-state index in [-0.39, 0.29) is 5.78 Å². The SMILES string of the molecule is Cc1cc2c(n1C(=O)OC(C)(C)C)CCCC2=O. The molecule has 0 spiro atoms. The Balaban J connectivity index is 2.40. The second kappa shape index (κ2) is 4.26. The van der Waals surface area contributed by atoms with Gasteiger partial charge in [-0.1, -0.05) is 0 Å². The third-order valence-corrected chi connectivity index (χ3v) is 2.98. The fourth-order valence-electron chi connectivity index (χ4n) is 2.29. The number of Topliss-reactive ketones (excluding diaryl/α,β-unsaturated/α-hetero) is 1. The Labute approximate surface area is 107 Å². The van der Waals surface area contributed by atoms with E-state index in [1.165, 1.54) is 4.57 Å². The molecule has 0 fully saturated rings. The van der Waals surface area contributed by atoms with Gasteiger partial charge < -0.3 is 4.74 Å². The van der Waals surface area contributed by atoms with Crippen molar-refractivity contribution in [2.45, 2.75) is 52.6 Å². The summed E-state index contributed by atoms with van der Waals surface area (Å²) in [4.78, 5) is 23.9. The molecular formula is C14H19NO3. The van der Waals surface area contributed by atoms with Crippen LogP contribution >= 0.6 is 0 Å². The van der Waals surface area contributed by atoms with Crippen molar-refractivity contribution in [3.8, 4) is 0 Å². The van der Waals surface area contributed by atoms with Crippen molar-refractivity contribution in [3.63, 3.8) is 0 Å². The fourth-order valence-corrected chi connectivity index (χ4v) is 2.29. The molecule has 18 heavy (non-hydrogen) atoms. The molecule has 1 aromatic heterocycles. The van der Waals surface area contributed by atoms with Crippen LogP contribution in [0.2, 0.25) is 0 Å². The van der Waals surface area contributed by atoms with Crippen LogP contribution in [-0.4, -0.2) is 22.0 Å². The summed E-state index contributed by atoms with van der Waals surface area (Å²) in [7, 11) is 0. The molecular weight excluding hydrogens is 230 g/mol. The highest BCUT2D eigenvalue weighted by atomic mass is 16.6. The number of ether oxygens (including phenoxy) is 1. The summed E-state index contributed by atoms with van der Waals surface area (Å²) in [5.41, 5.74) is 1.73. The third-order valence-electron chi connectivity index (χ3n) is 2.98. The van der Waals surface area contributed by atoms with Gasteiger partial charge in [0.05, 0.1) is 0 Å². The molecule has 1 aliphatic carbocycles. The van der Waals surface area contributed by atoms with Gasteiger partial charge in [-0.15, -0.1) is 0 Å². The van der Waals surface area contributed by atoms with Gasteiger partial charge in [-0.3, -0.25) is 9.36 Å². The molecule has 0 saturated heterocycles. The predicted octanol–water partition coefficient (Wildman–Crippen LogP) is 3.10. The van der Waals surface area contributed by atoms with Crippen LogP contribution in [0.25, 0.3) is 0 Å². The molecule has 0 aromatic carbocycles. The molecule has 1 aliphatic rings. The summed E-state index contributed by atoms with van der Waals surface area (Å²) in [6.45, 7) is 7.33. The van der Waals surface area contributed by atoms with Crippen LogP contribution in [0.1, 0.15) is 55.4 Å². The van der Waals surface area contributed by atoms with Gasteiger partial charge in [0.1, 0.15) is 5.60 Å². The number of nitrogens with zero attached hydrogens (tertiary/aromatic N) is 1. The minimum atomic E-state index is -0.528. The number of carbonyl (C=O) groups is 2. The van der Waals surface area contributed by atoms with Crippen molar-refractivity contribution in [2.24, 2.45) is 0 Å². The molecule has 2 rings (SSSR count). The van der Waals surface area contributed by atoms with Crippen LogP contribution < -0.4 is 0 Å². The Morgan fingerprint density at radius 3 is 2.61 bits per heavy atom. The van der Waals surface area contributed by atoms with Gasteiger partial charge >= 0.3 is 6.09 Å². The average molecular weight is 249 g/mol. The van der Waals surface area contributed by atoms with Crippen molar-refractivity contribution in [1.29, 1.82) is 0 Å². The fraction of sp³-hybridized carbons (Fsp3) is 0.571. The lowest BCUT2D eigenvalue weighted by molar-refractivity contribution is 0.0529. The molecule has 0 saturated carbocycles. The van der Waals surface area contributed by atoms with Crippen LogP contribution in [0.4, 0.5) is 4.79 Å². The quantitative estimate of drug-likeness (QED) is 0.709. The second-order valence-electron chi connectivity index (χ2n) is 5.74. The van der Waals surface area contributed by atoms with Crippen molar-refractivity contribution < 1.29 is 14.3 Å². The Hall–Kier alpha value is -1.58. The lowest BCUT2D eigenvalue weighted by Crippen LogP contribution is -2.29. The van der Waals surface area contributed by atoms with Gasteiger partial charge in [-0.2, -0.15) is 0 Å². The van der Waals surface area contributed by atoms with Crippen LogP contribution in [0, 0.1) is 6.92 Å². The Morgan fingerprint density at radius 2 is 2.00 bits per heavy atom. The summed E-state index contributed by atoms with van der Waals surface area (Å²) in [5.74, 6) is 0.127. The first-order valence-electron chi connectivity index (χ1n) is 6.27. The molecule has 0 bridgehead atoms. The maximum absolute atomic E-state index is 12.2. The zero-order valence-corrected chi connectivity index (χ0v) is 11.4. The van der Waals surface area contributed by atoms with E-state index in [0.29, 0.717) is 12.0 Å². The molecule has 1 aromatic rings. The summed E-state index contributed by atoms with van der Waals surface area (Å²) < 4.78 is 6.92. The first-order valence-corrected chi connectivity index (χ1v) is 6.27. The van der Waals surface area contributed by atoms with E-state index in [9.17, 15) is 9.59 Å². The molecule has 0 aliphatic heterocycles. The first kappa shape index (κ1) is 12.9. The molecule has 4 nitrogen and oxygen atoms in total. The number of hydrogen-bond donors (Lipinski definition) is 0. The number of aromatic nitrogens is 1. The van der Waals surface area contributed by atoms with E-state index in [0.717, 1.165) is 24.2 Å². The molecule has 4 heteroatoms. The van der Waals surface area contributed by atoms with Gasteiger partial charge in [0.25, 0.3) is 0 Å². The summed E-state index contributed by atoms with van der Waals surface area (Å²) >= 11 is 0. The lowest BCUT2D eigenvalue weighted by atomic mass is 9.97. The third kappa shape index (κ3) is 2.33. The monoisotopic (exact) mass is 249 g/mol. The summed E-state index contributed by atoms with van der Waals surface area (Å²) in [6.07, 6.45) is 1.74. The molecule has 0 amide bonds. The number of hydrogen-bond acceptors (Lipinski definition) is 3. The lowest BCUT2D eigenvalue weighted by Gasteiger charge is -2.22. The van der Waals surface area contributed by atoms with E-state index in [1.54, 1.807) is 6.07 Å². The van der Waals surface area contributed by atoms with Crippen LogP contribution in [0.5, 0.6) is 0 Å². The van der Waals surface area contributed by atoms with Crippen molar-refractivity contribution in [2.75, 3.05) is 0 Å². The van der Waals surface area contributed by atoms with E-state index in [1.807, 2.05) is 27.7 Å². The summed E-state index contributed by atoms with van der Waals surface area (Å²) in [5, 5.41) is 0. The Morgan fingerprint density at radius 1 is 1.33 bits per heavy atom. The average Bonchev–Trinajstić information content (AvgIpc) is 2.53. The zero-order chi connectivity index (χ0) is 13.5. The van der Waals surface area contributed by atoms with Crippen molar-refractivity contribution in [3.05, 3.63) is 23.0 Å². The first-order chi connectivity index (χ1) is 8.29. The largest absolute Gasteiger partial charge is 0.443 e. The molecule has 0 radical (unpaired) electrons. The normalized spacial score (nSPS) is 15.4. The Bertz CT molecular complexity index is 506. The highest BCUT2D eigenvalue weighted by Crippen LogP contribution is 2.25. The zero-order valence-electron chi connectivity index (χ0n) is 11.4. The maximum atomic E-state index is 12.2. The van der Waals surface area contributed by atoms with Gasteiger partial charge in [-0.05, 0) is 46.6 Å². The van der Waals surface area contributed by atoms with E-state index < -0.39 is 11.7 Å². The highest BCUT2D eigenvalue weighted by molar-refractivity contribution is 5.99. The second-order valence-corrected chi connectivity index (χ2v) is 5.74. The van der Waals surface area contributed by atoms with Gasteiger partial charge in [0.15, 0.2) is 5.78 Å². The van der Waals surface area contributed by atoms with E-state index in [4.69, 9.17) is 4.74 Å².